The molecular weight excluding hydrogens is 166 g/mol. The Morgan fingerprint density at radius 3 is 2.83 bits per heavy atom. The van der Waals surface area contributed by atoms with Crippen LogP contribution >= 0.6 is 11.8 Å². The topological polar surface area (TPSA) is 12.0 Å². The fourth-order valence-corrected chi connectivity index (χ4v) is 1.93. The van der Waals surface area contributed by atoms with Gasteiger partial charge in [0.15, 0.2) is 0 Å². The van der Waals surface area contributed by atoms with E-state index in [0.29, 0.717) is 0 Å². The fraction of sp³-hybridized carbons (Fsp3) is 1.00. The van der Waals surface area contributed by atoms with Crippen LogP contribution in [-0.4, -0.2) is 24.6 Å². The van der Waals surface area contributed by atoms with Gasteiger partial charge in [-0.15, -0.1) is 0 Å². The normalized spacial score (nSPS) is 19.5. The van der Waals surface area contributed by atoms with Crippen molar-refractivity contribution in [3.8, 4) is 0 Å². The maximum absolute atomic E-state index is 3.58. The molecule has 0 amide bonds. The molecule has 1 unspecified atom stereocenters. The molecule has 1 aliphatic carbocycles. The predicted octanol–water partition coefficient (Wildman–Crippen LogP) is 2.52. The van der Waals surface area contributed by atoms with Crippen LogP contribution in [0.5, 0.6) is 0 Å². The molecule has 0 radical (unpaired) electrons. The highest BCUT2D eigenvalue weighted by atomic mass is 32.2. The van der Waals surface area contributed by atoms with Gasteiger partial charge in [-0.05, 0) is 44.2 Å². The zero-order valence-electron chi connectivity index (χ0n) is 8.31. The Morgan fingerprint density at radius 1 is 1.50 bits per heavy atom. The Hall–Kier alpha value is 0.310. The second-order valence-corrected chi connectivity index (χ2v) is 4.85. The number of rotatable bonds is 7. The summed E-state index contributed by atoms with van der Waals surface area (Å²) in [6.07, 6.45) is 7.87. The van der Waals surface area contributed by atoms with Gasteiger partial charge in [-0.3, -0.25) is 0 Å². The van der Waals surface area contributed by atoms with E-state index in [1.54, 1.807) is 0 Å². The van der Waals surface area contributed by atoms with E-state index in [4.69, 9.17) is 0 Å². The van der Waals surface area contributed by atoms with Gasteiger partial charge < -0.3 is 5.32 Å². The summed E-state index contributed by atoms with van der Waals surface area (Å²) >= 11 is 1.94. The van der Waals surface area contributed by atoms with E-state index in [1.165, 1.54) is 38.0 Å². The summed E-state index contributed by atoms with van der Waals surface area (Å²) in [6, 6.07) is 0.719. The number of hydrogen-bond donors (Lipinski definition) is 1. The lowest BCUT2D eigenvalue weighted by Gasteiger charge is -2.12. The number of nitrogens with one attached hydrogen (secondary N) is 1. The molecule has 0 aromatic heterocycles. The summed E-state index contributed by atoms with van der Waals surface area (Å²) in [4.78, 5) is 0. The maximum atomic E-state index is 3.58. The van der Waals surface area contributed by atoms with Crippen molar-refractivity contribution in [2.75, 3.05) is 18.6 Å². The lowest BCUT2D eigenvalue weighted by atomic mass is 10.2. The monoisotopic (exact) mass is 187 g/mol. The zero-order chi connectivity index (χ0) is 8.81. The molecule has 12 heavy (non-hydrogen) atoms. The molecule has 0 saturated heterocycles. The van der Waals surface area contributed by atoms with Crippen molar-refractivity contribution < 1.29 is 0 Å². The van der Waals surface area contributed by atoms with Gasteiger partial charge >= 0.3 is 0 Å². The SMILES string of the molecule is CSCCC(C)NCCC1CC1. The maximum Gasteiger partial charge on any atom is 0.00465 e. The van der Waals surface area contributed by atoms with Crippen LogP contribution in [0.3, 0.4) is 0 Å². The first-order valence-corrected chi connectivity index (χ1v) is 6.44. The molecule has 0 heterocycles. The minimum absolute atomic E-state index is 0.719. The van der Waals surface area contributed by atoms with E-state index in [-0.39, 0.29) is 0 Å². The summed E-state index contributed by atoms with van der Waals surface area (Å²) in [5, 5.41) is 3.58. The summed E-state index contributed by atoms with van der Waals surface area (Å²) in [6.45, 7) is 3.53. The van der Waals surface area contributed by atoms with Crippen molar-refractivity contribution >= 4 is 11.8 Å². The van der Waals surface area contributed by atoms with E-state index >= 15 is 0 Å². The van der Waals surface area contributed by atoms with Crippen molar-refractivity contribution in [1.29, 1.82) is 0 Å². The van der Waals surface area contributed by atoms with Gasteiger partial charge in [0.25, 0.3) is 0 Å². The molecule has 1 saturated carbocycles. The Morgan fingerprint density at radius 2 is 2.25 bits per heavy atom. The molecule has 1 atom stereocenters. The second kappa shape index (κ2) is 5.87. The first-order valence-electron chi connectivity index (χ1n) is 5.05. The number of thioether (sulfide) groups is 1. The Labute approximate surface area is 80.7 Å². The van der Waals surface area contributed by atoms with Gasteiger partial charge in [-0.1, -0.05) is 12.8 Å². The quantitative estimate of drug-likeness (QED) is 0.657. The highest BCUT2D eigenvalue weighted by Gasteiger charge is 2.20. The lowest BCUT2D eigenvalue weighted by molar-refractivity contribution is 0.513. The molecule has 2 heteroatoms. The van der Waals surface area contributed by atoms with E-state index in [0.717, 1.165) is 12.0 Å². The van der Waals surface area contributed by atoms with Crippen LogP contribution in [0.25, 0.3) is 0 Å². The van der Waals surface area contributed by atoms with Crippen molar-refractivity contribution in [2.45, 2.75) is 38.6 Å². The molecule has 0 spiro atoms. The summed E-state index contributed by atoms with van der Waals surface area (Å²) in [5.74, 6) is 2.36. The van der Waals surface area contributed by atoms with E-state index in [1.807, 2.05) is 11.8 Å². The smallest absolute Gasteiger partial charge is 0.00465 e. The molecule has 1 fully saturated rings. The van der Waals surface area contributed by atoms with Crippen LogP contribution in [0.2, 0.25) is 0 Å². The van der Waals surface area contributed by atoms with Gasteiger partial charge in [0.05, 0.1) is 0 Å². The van der Waals surface area contributed by atoms with Crippen LogP contribution in [0.15, 0.2) is 0 Å². The first kappa shape index (κ1) is 10.4. The molecule has 1 aliphatic rings. The van der Waals surface area contributed by atoms with E-state index in [9.17, 15) is 0 Å². The molecule has 0 aromatic carbocycles. The molecule has 1 nitrogen and oxygen atoms in total. The molecule has 72 valence electrons. The molecule has 0 aromatic rings. The molecular formula is C10H21NS. The largest absolute Gasteiger partial charge is 0.314 e. The van der Waals surface area contributed by atoms with Gasteiger partial charge in [-0.25, -0.2) is 0 Å². The van der Waals surface area contributed by atoms with Crippen LogP contribution in [0, 0.1) is 5.92 Å². The number of hydrogen-bond acceptors (Lipinski definition) is 2. The average Bonchev–Trinajstić information content (AvgIpc) is 2.84. The summed E-state index contributed by atoms with van der Waals surface area (Å²) < 4.78 is 0. The van der Waals surface area contributed by atoms with Crippen molar-refractivity contribution in [2.24, 2.45) is 5.92 Å². The Balaban J connectivity index is 1.83. The zero-order valence-corrected chi connectivity index (χ0v) is 9.12. The third kappa shape index (κ3) is 5.04. The van der Waals surface area contributed by atoms with Crippen LogP contribution < -0.4 is 5.32 Å². The molecule has 1 N–H and O–H groups in total. The standard InChI is InChI=1S/C10H21NS/c1-9(6-8-12-2)11-7-5-10-3-4-10/h9-11H,3-8H2,1-2H3. The predicted molar refractivity (Wildman–Crippen MR) is 57.8 cm³/mol. The highest BCUT2D eigenvalue weighted by Crippen LogP contribution is 2.31. The Kier molecular flexibility index (Phi) is 5.08. The highest BCUT2D eigenvalue weighted by molar-refractivity contribution is 7.98. The summed E-state index contributed by atoms with van der Waals surface area (Å²) in [5.41, 5.74) is 0. The van der Waals surface area contributed by atoms with Gasteiger partial charge in [-0.2, -0.15) is 11.8 Å². The third-order valence-corrected chi connectivity index (χ3v) is 3.14. The van der Waals surface area contributed by atoms with E-state index in [2.05, 4.69) is 18.5 Å². The van der Waals surface area contributed by atoms with Crippen LogP contribution in [0.4, 0.5) is 0 Å². The van der Waals surface area contributed by atoms with Crippen molar-refractivity contribution in [1.82, 2.24) is 5.32 Å². The van der Waals surface area contributed by atoms with Gasteiger partial charge in [0.2, 0.25) is 0 Å². The average molecular weight is 187 g/mol. The van der Waals surface area contributed by atoms with E-state index < -0.39 is 0 Å². The van der Waals surface area contributed by atoms with Crippen LogP contribution in [0.1, 0.15) is 32.6 Å². The lowest BCUT2D eigenvalue weighted by Crippen LogP contribution is -2.27. The molecule has 0 bridgehead atoms. The second-order valence-electron chi connectivity index (χ2n) is 3.87. The minimum Gasteiger partial charge on any atom is -0.314 e. The van der Waals surface area contributed by atoms with Gasteiger partial charge in [0, 0.05) is 6.04 Å². The molecule has 0 aliphatic heterocycles. The van der Waals surface area contributed by atoms with Crippen molar-refractivity contribution in [3.63, 3.8) is 0 Å². The first-order chi connectivity index (χ1) is 5.83. The minimum atomic E-state index is 0.719. The summed E-state index contributed by atoms with van der Waals surface area (Å²) in [7, 11) is 0. The van der Waals surface area contributed by atoms with Gasteiger partial charge in [0.1, 0.15) is 0 Å². The van der Waals surface area contributed by atoms with Crippen molar-refractivity contribution in [3.05, 3.63) is 0 Å². The Bertz CT molecular complexity index is 112. The van der Waals surface area contributed by atoms with Crippen LogP contribution in [-0.2, 0) is 0 Å². The fourth-order valence-electron chi connectivity index (χ4n) is 1.34. The molecule has 1 rings (SSSR count). The third-order valence-electron chi connectivity index (χ3n) is 2.50.